The fourth-order valence-electron chi connectivity index (χ4n) is 5.51. The van der Waals surface area contributed by atoms with Crippen LogP contribution in [0, 0.1) is 12.8 Å². The molecule has 1 aromatic heterocycles. The van der Waals surface area contributed by atoms with Crippen molar-refractivity contribution in [3.63, 3.8) is 0 Å². The van der Waals surface area contributed by atoms with Crippen molar-refractivity contribution >= 4 is 5.91 Å². The summed E-state index contributed by atoms with van der Waals surface area (Å²) in [7, 11) is 0. The molecule has 4 aliphatic rings. The number of carbonyl (C=O) groups is 1. The molecule has 27 heavy (non-hydrogen) atoms. The Morgan fingerprint density at radius 3 is 2.52 bits per heavy atom. The SMILES string of the molecule is Cc1ccc([C@H]2CN(C(=O)c3ccc[nH]c3=O)[C@@H]3C4CCN(CC4)[C@H]23)cc1. The fourth-order valence-corrected chi connectivity index (χ4v) is 5.51. The molecule has 4 saturated heterocycles. The Morgan fingerprint density at radius 1 is 1.07 bits per heavy atom. The minimum absolute atomic E-state index is 0.116. The number of fused-ring (bicyclic) bond motifs is 2. The Labute approximate surface area is 159 Å². The summed E-state index contributed by atoms with van der Waals surface area (Å²) >= 11 is 0. The molecule has 5 nitrogen and oxygen atoms in total. The predicted octanol–water partition coefficient (Wildman–Crippen LogP) is 2.39. The van der Waals surface area contributed by atoms with Gasteiger partial charge in [0.25, 0.3) is 11.5 Å². The topological polar surface area (TPSA) is 56.4 Å². The summed E-state index contributed by atoms with van der Waals surface area (Å²) in [4.78, 5) is 32.8. The normalized spacial score (nSPS) is 31.7. The molecule has 0 saturated carbocycles. The van der Waals surface area contributed by atoms with Crippen LogP contribution in [0.25, 0.3) is 0 Å². The molecule has 3 atom stereocenters. The lowest BCUT2D eigenvalue weighted by atomic mass is 9.75. The quantitative estimate of drug-likeness (QED) is 0.891. The molecule has 2 bridgehead atoms. The molecule has 0 spiro atoms. The number of pyridine rings is 1. The Hall–Kier alpha value is -2.40. The van der Waals surface area contributed by atoms with Gasteiger partial charge in [0.15, 0.2) is 0 Å². The first-order chi connectivity index (χ1) is 13.1. The van der Waals surface area contributed by atoms with E-state index in [0.717, 1.165) is 25.9 Å². The highest BCUT2D eigenvalue weighted by Crippen LogP contribution is 2.46. The standard InChI is InChI=1S/C22H25N3O2/c1-14-4-6-15(7-5-14)18-13-25(22(27)17-3-2-10-23-21(17)26)19-16-8-11-24(12-9-16)20(18)19/h2-7,10,16,18-20H,8-9,11-13H2,1H3,(H,23,26)/t18-,19-,20-/m1/s1. The Balaban J connectivity index is 1.54. The van der Waals surface area contributed by atoms with Crippen molar-refractivity contribution in [1.29, 1.82) is 0 Å². The fraction of sp³-hybridized carbons (Fsp3) is 0.455. The largest absolute Gasteiger partial charge is 0.333 e. The molecule has 5 heterocycles. The van der Waals surface area contributed by atoms with E-state index in [1.165, 1.54) is 11.1 Å². The van der Waals surface area contributed by atoms with Crippen LogP contribution in [0.15, 0.2) is 47.4 Å². The number of aromatic nitrogens is 1. The van der Waals surface area contributed by atoms with E-state index < -0.39 is 0 Å². The van der Waals surface area contributed by atoms with Crippen molar-refractivity contribution in [3.05, 3.63) is 69.6 Å². The summed E-state index contributed by atoms with van der Waals surface area (Å²) < 4.78 is 0. The molecule has 1 amide bonds. The zero-order chi connectivity index (χ0) is 18.5. The number of piperidine rings is 3. The average molecular weight is 363 g/mol. The lowest BCUT2D eigenvalue weighted by Crippen LogP contribution is -2.60. The molecule has 1 aromatic carbocycles. The highest BCUT2D eigenvalue weighted by molar-refractivity contribution is 5.94. The number of rotatable bonds is 2. The number of benzene rings is 1. The van der Waals surface area contributed by atoms with Gasteiger partial charge in [0.05, 0.1) is 6.04 Å². The minimum atomic E-state index is -0.292. The number of hydrogen-bond acceptors (Lipinski definition) is 3. The van der Waals surface area contributed by atoms with Crippen molar-refractivity contribution in [2.24, 2.45) is 5.92 Å². The third kappa shape index (κ3) is 2.64. The summed E-state index contributed by atoms with van der Waals surface area (Å²) in [6.07, 6.45) is 3.88. The van der Waals surface area contributed by atoms with Crippen LogP contribution >= 0.6 is 0 Å². The number of nitrogens with zero attached hydrogens (tertiary/aromatic N) is 2. The summed E-state index contributed by atoms with van der Waals surface area (Å²) in [6.45, 7) is 5.05. The van der Waals surface area contributed by atoms with E-state index in [1.54, 1.807) is 18.3 Å². The van der Waals surface area contributed by atoms with E-state index in [1.807, 2.05) is 4.90 Å². The number of H-pyrrole nitrogens is 1. The van der Waals surface area contributed by atoms with Crippen molar-refractivity contribution in [1.82, 2.24) is 14.8 Å². The van der Waals surface area contributed by atoms with Crippen LogP contribution in [0.2, 0.25) is 0 Å². The number of aromatic amines is 1. The smallest absolute Gasteiger partial charge is 0.260 e. The first-order valence-electron chi connectivity index (χ1n) is 9.93. The highest BCUT2D eigenvalue weighted by Gasteiger charge is 2.54. The van der Waals surface area contributed by atoms with Gasteiger partial charge in [-0.1, -0.05) is 29.8 Å². The zero-order valence-electron chi connectivity index (χ0n) is 15.6. The molecule has 2 aromatic rings. The maximum atomic E-state index is 13.3. The van der Waals surface area contributed by atoms with Crippen LogP contribution in [0.4, 0.5) is 0 Å². The number of aryl methyl sites for hydroxylation is 1. The zero-order valence-corrected chi connectivity index (χ0v) is 15.6. The van der Waals surface area contributed by atoms with E-state index in [2.05, 4.69) is 41.1 Å². The second-order valence-corrected chi connectivity index (χ2v) is 8.24. The number of hydrogen-bond donors (Lipinski definition) is 1. The van der Waals surface area contributed by atoms with Gasteiger partial charge in [-0.3, -0.25) is 14.5 Å². The Bertz CT molecular complexity index is 912. The van der Waals surface area contributed by atoms with Gasteiger partial charge in [-0.05, 0) is 56.5 Å². The third-order valence-corrected chi connectivity index (χ3v) is 6.81. The second-order valence-electron chi connectivity index (χ2n) is 8.24. The van der Waals surface area contributed by atoms with Crippen molar-refractivity contribution in [3.8, 4) is 0 Å². The lowest BCUT2D eigenvalue weighted by Gasteiger charge is -2.51. The molecule has 0 radical (unpaired) electrons. The van der Waals surface area contributed by atoms with Gasteiger partial charge in [0, 0.05) is 24.7 Å². The van der Waals surface area contributed by atoms with Gasteiger partial charge in [-0.15, -0.1) is 0 Å². The average Bonchev–Trinajstić information content (AvgIpc) is 3.12. The summed E-state index contributed by atoms with van der Waals surface area (Å²) in [5.41, 5.74) is 2.53. The maximum Gasteiger partial charge on any atom is 0.260 e. The molecule has 0 unspecified atom stereocenters. The van der Waals surface area contributed by atoms with E-state index in [-0.39, 0.29) is 23.1 Å². The van der Waals surface area contributed by atoms with E-state index >= 15 is 0 Å². The van der Waals surface area contributed by atoms with Gasteiger partial charge >= 0.3 is 0 Å². The van der Waals surface area contributed by atoms with Crippen LogP contribution < -0.4 is 5.56 Å². The number of carbonyl (C=O) groups excluding carboxylic acids is 1. The number of nitrogens with one attached hydrogen (secondary N) is 1. The molecule has 5 heteroatoms. The van der Waals surface area contributed by atoms with Crippen LogP contribution in [0.5, 0.6) is 0 Å². The lowest BCUT2D eigenvalue weighted by molar-refractivity contribution is -0.00346. The van der Waals surface area contributed by atoms with Crippen molar-refractivity contribution < 1.29 is 4.79 Å². The Morgan fingerprint density at radius 2 is 1.81 bits per heavy atom. The number of amides is 1. The predicted molar refractivity (Wildman–Crippen MR) is 104 cm³/mol. The highest BCUT2D eigenvalue weighted by atomic mass is 16.2. The maximum absolute atomic E-state index is 13.3. The summed E-state index contributed by atoms with van der Waals surface area (Å²) in [6, 6.07) is 12.7. The molecular weight excluding hydrogens is 338 g/mol. The summed E-state index contributed by atoms with van der Waals surface area (Å²) in [5, 5.41) is 0. The van der Waals surface area contributed by atoms with Gasteiger partial charge in [-0.25, -0.2) is 0 Å². The number of likely N-dealkylation sites (tertiary alicyclic amines) is 1. The Kier molecular flexibility index (Phi) is 3.93. The van der Waals surface area contributed by atoms with Crippen LogP contribution in [-0.2, 0) is 0 Å². The van der Waals surface area contributed by atoms with Crippen molar-refractivity contribution in [2.45, 2.75) is 37.8 Å². The van der Waals surface area contributed by atoms with Gasteiger partial charge in [-0.2, -0.15) is 0 Å². The third-order valence-electron chi connectivity index (χ3n) is 6.81. The van der Waals surface area contributed by atoms with Crippen LogP contribution in [0.1, 0.15) is 40.2 Å². The minimum Gasteiger partial charge on any atom is -0.333 e. The molecule has 140 valence electrons. The van der Waals surface area contributed by atoms with E-state index in [0.29, 0.717) is 24.4 Å². The van der Waals surface area contributed by atoms with Gasteiger partial charge < -0.3 is 9.88 Å². The molecule has 4 aliphatic heterocycles. The first-order valence-corrected chi connectivity index (χ1v) is 9.93. The van der Waals surface area contributed by atoms with Crippen LogP contribution in [-0.4, -0.2) is 52.4 Å². The van der Waals surface area contributed by atoms with Crippen LogP contribution in [0.3, 0.4) is 0 Å². The molecule has 0 aliphatic carbocycles. The van der Waals surface area contributed by atoms with Gasteiger partial charge in [0.2, 0.25) is 0 Å². The second kappa shape index (κ2) is 6.34. The van der Waals surface area contributed by atoms with E-state index in [9.17, 15) is 9.59 Å². The first kappa shape index (κ1) is 16.8. The molecule has 1 N–H and O–H groups in total. The van der Waals surface area contributed by atoms with E-state index in [4.69, 9.17) is 0 Å². The van der Waals surface area contributed by atoms with Crippen molar-refractivity contribution in [2.75, 3.05) is 19.6 Å². The molecule has 4 fully saturated rings. The monoisotopic (exact) mass is 363 g/mol. The van der Waals surface area contributed by atoms with Gasteiger partial charge in [0.1, 0.15) is 5.56 Å². The molecular formula is C22H25N3O2. The molecule has 6 rings (SSSR count). The summed E-state index contributed by atoms with van der Waals surface area (Å²) in [5.74, 6) is 0.739.